The van der Waals surface area contributed by atoms with E-state index in [2.05, 4.69) is 5.16 Å². The van der Waals surface area contributed by atoms with Crippen molar-refractivity contribution in [3.05, 3.63) is 66.1 Å². The molecule has 21 heavy (non-hydrogen) atoms. The molecule has 0 spiro atoms. The van der Waals surface area contributed by atoms with Crippen LogP contribution in [0.2, 0.25) is 0 Å². The van der Waals surface area contributed by atoms with E-state index in [9.17, 15) is 4.39 Å². The lowest BCUT2D eigenvalue weighted by Crippen LogP contribution is -1.90. The molecule has 0 unspecified atom stereocenters. The molecule has 0 aliphatic carbocycles. The fourth-order valence-corrected chi connectivity index (χ4v) is 2.77. The van der Waals surface area contributed by atoms with E-state index in [1.54, 1.807) is 6.07 Å². The van der Waals surface area contributed by atoms with Crippen LogP contribution < -0.4 is 5.73 Å². The van der Waals surface area contributed by atoms with Gasteiger partial charge in [-0.05, 0) is 18.2 Å². The summed E-state index contributed by atoms with van der Waals surface area (Å²) in [7, 11) is 0. The van der Waals surface area contributed by atoms with Gasteiger partial charge < -0.3 is 10.3 Å². The first kappa shape index (κ1) is 13.7. The highest BCUT2D eigenvalue weighted by Crippen LogP contribution is 2.29. The molecule has 0 bridgehead atoms. The van der Waals surface area contributed by atoms with Gasteiger partial charge in [-0.3, -0.25) is 0 Å². The maximum Gasteiger partial charge on any atom is 0.167 e. The Bertz CT molecular complexity index is 743. The number of thioether (sulfide) groups is 1. The van der Waals surface area contributed by atoms with Gasteiger partial charge in [0.15, 0.2) is 5.76 Å². The number of aromatic nitrogens is 1. The van der Waals surface area contributed by atoms with Gasteiger partial charge in [0, 0.05) is 28.0 Å². The lowest BCUT2D eigenvalue weighted by molar-refractivity contribution is 0.426. The Morgan fingerprint density at radius 2 is 1.90 bits per heavy atom. The van der Waals surface area contributed by atoms with Gasteiger partial charge in [-0.2, -0.15) is 0 Å². The zero-order valence-corrected chi connectivity index (χ0v) is 11.9. The Balaban J connectivity index is 1.72. The molecule has 1 heterocycles. The summed E-state index contributed by atoms with van der Waals surface area (Å²) in [6, 6.07) is 16.0. The van der Waals surface area contributed by atoms with E-state index in [0.717, 1.165) is 17.0 Å². The van der Waals surface area contributed by atoms with Gasteiger partial charge in [0.2, 0.25) is 0 Å². The lowest BCUT2D eigenvalue weighted by Gasteiger charge is -2.03. The monoisotopic (exact) mass is 300 g/mol. The Labute approximate surface area is 126 Å². The summed E-state index contributed by atoms with van der Waals surface area (Å²) in [4.78, 5) is 0.708. The predicted molar refractivity (Wildman–Crippen MR) is 82.3 cm³/mol. The van der Waals surface area contributed by atoms with Crippen molar-refractivity contribution < 1.29 is 8.91 Å². The number of nitrogens with zero attached hydrogens (tertiary/aromatic N) is 1. The van der Waals surface area contributed by atoms with Gasteiger partial charge in [-0.15, -0.1) is 11.8 Å². The molecule has 106 valence electrons. The van der Waals surface area contributed by atoms with Crippen LogP contribution in [0.4, 0.5) is 10.1 Å². The van der Waals surface area contributed by atoms with Gasteiger partial charge in [0.1, 0.15) is 5.82 Å². The molecule has 0 saturated heterocycles. The second-order valence-corrected chi connectivity index (χ2v) is 5.54. The van der Waals surface area contributed by atoms with Crippen molar-refractivity contribution >= 4 is 17.4 Å². The molecule has 3 nitrogen and oxygen atoms in total. The molecular formula is C16H13FN2OS. The van der Waals surface area contributed by atoms with Crippen molar-refractivity contribution in [1.82, 2.24) is 5.16 Å². The third kappa shape index (κ3) is 3.25. The van der Waals surface area contributed by atoms with Crippen molar-refractivity contribution in [2.24, 2.45) is 0 Å². The summed E-state index contributed by atoms with van der Waals surface area (Å²) in [6.07, 6.45) is 0. The maximum absolute atomic E-state index is 13.2. The van der Waals surface area contributed by atoms with Gasteiger partial charge in [-0.1, -0.05) is 35.5 Å². The fourth-order valence-electron chi connectivity index (χ4n) is 1.90. The van der Waals surface area contributed by atoms with E-state index in [4.69, 9.17) is 10.3 Å². The van der Waals surface area contributed by atoms with Gasteiger partial charge in [-0.25, -0.2) is 4.39 Å². The topological polar surface area (TPSA) is 52.0 Å². The highest BCUT2D eigenvalue weighted by molar-refractivity contribution is 7.98. The second-order valence-electron chi connectivity index (χ2n) is 4.52. The third-order valence-electron chi connectivity index (χ3n) is 2.97. The Morgan fingerprint density at radius 3 is 2.71 bits per heavy atom. The highest BCUT2D eigenvalue weighted by atomic mass is 32.2. The molecule has 3 aromatic rings. The number of rotatable bonds is 4. The minimum atomic E-state index is -0.295. The van der Waals surface area contributed by atoms with Crippen molar-refractivity contribution in [1.29, 1.82) is 0 Å². The summed E-state index contributed by atoms with van der Waals surface area (Å²) in [5.74, 6) is 1.000. The van der Waals surface area contributed by atoms with E-state index in [1.165, 1.54) is 23.9 Å². The van der Waals surface area contributed by atoms with Crippen LogP contribution in [0.15, 0.2) is 64.0 Å². The van der Waals surface area contributed by atoms with Crippen LogP contribution in [0.1, 0.15) is 5.69 Å². The summed E-state index contributed by atoms with van der Waals surface area (Å²) in [5.41, 5.74) is 8.15. The lowest BCUT2D eigenvalue weighted by atomic mass is 10.2. The van der Waals surface area contributed by atoms with Crippen molar-refractivity contribution in [3.63, 3.8) is 0 Å². The van der Waals surface area contributed by atoms with E-state index in [1.807, 2.05) is 36.4 Å². The fraction of sp³-hybridized carbons (Fsp3) is 0.0625. The predicted octanol–water partition coefficient (Wildman–Crippen LogP) is 4.36. The van der Waals surface area contributed by atoms with Gasteiger partial charge in [0.05, 0.1) is 5.69 Å². The molecule has 5 heteroatoms. The Hall–Kier alpha value is -2.27. The molecule has 0 atom stereocenters. The number of benzene rings is 2. The Morgan fingerprint density at radius 1 is 1.10 bits per heavy atom. The second kappa shape index (κ2) is 6.01. The van der Waals surface area contributed by atoms with Crippen LogP contribution in [-0.4, -0.2) is 5.16 Å². The van der Waals surface area contributed by atoms with Crippen LogP contribution >= 0.6 is 11.8 Å². The van der Waals surface area contributed by atoms with Crippen molar-refractivity contribution in [2.45, 2.75) is 10.6 Å². The number of halogens is 1. The first-order valence-corrected chi connectivity index (χ1v) is 7.40. The first-order valence-electron chi connectivity index (χ1n) is 6.41. The van der Waals surface area contributed by atoms with Crippen molar-refractivity contribution in [2.75, 3.05) is 5.73 Å². The van der Waals surface area contributed by atoms with Crippen LogP contribution in [0.3, 0.4) is 0 Å². The molecule has 0 amide bonds. The first-order chi connectivity index (χ1) is 10.2. The maximum atomic E-state index is 13.2. The number of hydrogen-bond donors (Lipinski definition) is 1. The quantitative estimate of drug-likeness (QED) is 0.574. The molecule has 0 aliphatic heterocycles. The molecule has 1 aromatic heterocycles. The number of nitrogen functional groups attached to an aromatic ring is 1. The number of nitrogens with two attached hydrogens (primary N) is 1. The molecule has 0 saturated carbocycles. The Kier molecular flexibility index (Phi) is 3.92. The number of hydrogen-bond acceptors (Lipinski definition) is 4. The summed E-state index contributed by atoms with van der Waals surface area (Å²) < 4.78 is 18.5. The van der Waals surface area contributed by atoms with Crippen molar-refractivity contribution in [3.8, 4) is 11.3 Å². The standard InChI is InChI=1S/C16H13FN2OS/c17-12-6-7-14(18)16(8-12)21-10-13-9-15(20-19-13)11-4-2-1-3-5-11/h1-9H,10,18H2. The van der Waals surface area contributed by atoms with E-state index in [0.29, 0.717) is 16.3 Å². The van der Waals surface area contributed by atoms with Gasteiger partial charge in [0.25, 0.3) is 0 Å². The molecule has 0 aliphatic rings. The van der Waals surface area contributed by atoms with Crippen LogP contribution in [0.25, 0.3) is 11.3 Å². The van der Waals surface area contributed by atoms with Crippen LogP contribution in [0.5, 0.6) is 0 Å². The SMILES string of the molecule is Nc1ccc(F)cc1SCc1cc(-c2ccccc2)on1. The molecule has 0 radical (unpaired) electrons. The molecule has 2 N–H and O–H groups in total. The molecule has 2 aromatic carbocycles. The van der Waals surface area contributed by atoms with E-state index in [-0.39, 0.29) is 5.82 Å². The zero-order chi connectivity index (χ0) is 14.7. The normalized spacial score (nSPS) is 10.7. The summed E-state index contributed by atoms with van der Waals surface area (Å²) in [6.45, 7) is 0. The zero-order valence-electron chi connectivity index (χ0n) is 11.1. The third-order valence-corrected chi connectivity index (χ3v) is 4.07. The largest absolute Gasteiger partial charge is 0.398 e. The average Bonchev–Trinajstić information content (AvgIpc) is 2.98. The van der Waals surface area contributed by atoms with Crippen LogP contribution in [0, 0.1) is 5.82 Å². The minimum Gasteiger partial charge on any atom is -0.398 e. The summed E-state index contributed by atoms with van der Waals surface area (Å²) >= 11 is 1.44. The molecular weight excluding hydrogens is 287 g/mol. The van der Waals surface area contributed by atoms with E-state index < -0.39 is 0 Å². The molecule has 3 rings (SSSR count). The van der Waals surface area contributed by atoms with Gasteiger partial charge >= 0.3 is 0 Å². The average molecular weight is 300 g/mol. The molecule has 0 fully saturated rings. The van der Waals surface area contributed by atoms with E-state index >= 15 is 0 Å². The minimum absolute atomic E-state index is 0.295. The van der Waals surface area contributed by atoms with Crippen LogP contribution in [-0.2, 0) is 5.75 Å². The summed E-state index contributed by atoms with van der Waals surface area (Å²) in [5, 5.41) is 4.03. The highest BCUT2D eigenvalue weighted by Gasteiger charge is 2.08. The number of anilines is 1. The smallest absolute Gasteiger partial charge is 0.167 e.